The highest BCUT2D eigenvalue weighted by Crippen LogP contribution is 2.18. The molecule has 5 heteroatoms. The van der Waals surface area contributed by atoms with Crippen LogP contribution in [0.25, 0.3) is 0 Å². The van der Waals surface area contributed by atoms with Gasteiger partial charge in [0.2, 0.25) is 0 Å². The number of carbonyl (C=O) groups excluding carboxylic acids is 2. The van der Waals surface area contributed by atoms with Crippen LogP contribution in [0, 0.1) is 0 Å². The Morgan fingerprint density at radius 2 is 0.500 bits per heavy atom. The SMILES string of the molecule is CC/C=C\C/C=C\C/C=C\C/C=C\C/C=C\C/C=C\C/C=C\C/C=C\C/C=C\CCCCCCCCCCCCCCCC(=O)OC(CO)COC(=O)CCCCCCCCCCCCCCCCCCCCC/C=C\CCCCCCCCCC. The predicted octanol–water partition coefficient (Wildman–Crippen LogP) is 26.1. The molecule has 0 aromatic heterocycles. The number of hydrogen-bond donors (Lipinski definition) is 1. The third kappa shape index (κ3) is 72.8. The number of esters is 2. The molecule has 0 bridgehead atoms. The number of aliphatic hydroxyl groups is 1. The fourth-order valence-electron chi connectivity index (χ4n) is 10.7. The maximum absolute atomic E-state index is 12.4. The van der Waals surface area contributed by atoms with Crippen molar-refractivity contribution in [3.8, 4) is 0 Å². The molecule has 5 nitrogen and oxygen atoms in total. The van der Waals surface area contributed by atoms with Gasteiger partial charge in [-0.3, -0.25) is 9.59 Å². The van der Waals surface area contributed by atoms with E-state index in [4.69, 9.17) is 9.47 Å². The van der Waals surface area contributed by atoms with Crippen LogP contribution in [-0.4, -0.2) is 36.4 Å². The van der Waals surface area contributed by atoms with E-state index in [-0.39, 0.29) is 25.2 Å². The van der Waals surface area contributed by atoms with Crippen LogP contribution in [0.2, 0.25) is 0 Å². The van der Waals surface area contributed by atoms with Gasteiger partial charge in [-0.2, -0.15) is 0 Å². The van der Waals surface area contributed by atoms with E-state index in [1.165, 1.54) is 238 Å². The normalized spacial score (nSPS) is 12.9. The molecule has 0 saturated carbocycles. The average Bonchev–Trinajstić information content (AvgIpc) is 3.54. The Morgan fingerprint density at radius 1 is 0.279 bits per heavy atom. The Hall–Kier alpha value is -3.70. The lowest BCUT2D eigenvalue weighted by molar-refractivity contribution is -0.161. The first-order valence-corrected chi connectivity index (χ1v) is 37.1. The van der Waals surface area contributed by atoms with Crippen molar-refractivity contribution >= 4 is 11.9 Å². The van der Waals surface area contributed by atoms with E-state index in [0.717, 1.165) is 96.3 Å². The zero-order valence-corrected chi connectivity index (χ0v) is 56.8. The predicted molar refractivity (Wildman–Crippen MR) is 380 cm³/mol. The van der Waals surface area contributed by atoms with Crippen LogP contribution in [0.5, 0.6) is 0 Å². The number of carbonyl (C=O) groups is 2. The molecule has 0 aromatic rings. The molecule has 0 heterocycles. The third-order valence-electron chi connectivity index (χ3n) is 16.2. The summed E-state index contributed by atoms with van der Waals surface area (Å²) >= 11 is 0. The van der Waals surface area contributed by atoms with Crippen molar-refractivity contribution in [3.05, 3.63) is 122 Å². The Morgan fingerprint density at radius 3 is 0.767 bits per heavy atom. The first-order chi connectivity index (χ1) is 42.6. The van der Waals surface area contributed by atoms with Crippen LogP contribution in [0.4, 0.5) is 0 Å². The van der Waals surface area contributed by atoms with Crippen LogP contribution in [0.1, 0.15) is 361 Å². The Labute approximate surface area is 534 Å². The number of unbranched alkanes of at least 4 members (excludes halogenated alkanes) is 40. The minimum absolute atomic E-state index is 0.0669. The molecule has 86 heavy (non-hydrogen) atoms. The van der Waals surface area contributed by atoms with Gasteiger partial charge in [-0.15, -0.1) is 0 Å². The summed E-state index contributed by atoms with van der Waals surface area (Å²) in [5.74, 6) is -0.580. The molecule has 0 radical (unpaired) electrons. The summed E-state index contributed by atoms with van der Waals surface area (Å²) in [6.07, 6.45) is 111. The van der Waals surface area contributed by atoms with E-state index in [9.17, 15) is 14.7 Å². The van der Waals surface area contributed by atoms with Crippen molar-refractivity contribution in [1.29, 1.82) is 0 Å². The van der Waals surface area contributed by atoms with Gasteiger partial charge < -0.3 is 14.6 Å². The van der Waals surface area contributed by atoms with Gasteiger partial charge in [0, 0.05) is 12.8 Å². The Bertz CT molecular complexity index is 1690. The summed E-state index contributed by atoms with van der Waals surface area (Å²) < 4.78 is 10.8. The van der Waals surface area contributed by atoms with Crippen LogP contribution in [-0.2, 0) is 19.1 Å². The highest BCUT2D eigenvalue weighted by atomic mass is 16.6. The minimum Gasteiger partial charge on any atom is -0.462 e. The van der Waals surface area contributed by atoms with Crippen molar-refractivity contribution in [2.45, 2.75) is 367 Å². The molecule has 0 spiro atoms. The molecule has 494 valence electrons. The molecule has 1 atom stereocenters. The molecular weight excluding hydrogens is 1050 g/mol. The summed E-state index contributed by atoms with van der Waals surface area (Å²) in [7, 11) is 0. The van der Waals surface area contributed by atoms with Gasteiger partial charge in [-0.25, -0.2) is 0 Å². The minimum atomic E-state index is -0.779. The van der Waals surface area contributed by atoms with Crippen molar-refractivity contribution in [3.63, 3.8) is 0 Å². The Kier molecular flexibility index (Phi) is 72.3. The van der Waals surface area contributed by atoms with Crippen LogP contribution < -0.4 is 0 Å². The van der Waals surface area contributed by atoms with E-state index in [1.807, 2.05) is 0 Å². The highest BCUT2D eigenvalue weighted by molar-refractivity contribution is 5.70. The molecule has 1 N–H and O–H groups in total. The topological polar surface area (TPSA) is 72.8 Å². The van der Waals surface area contributed by atoms with Gasteiger partial charge in [-0.05, 0) is 109 Å². The first kappa shape index (κ1) is 82.3. The van der Waals surface area contributed by atoms with Crippen molar-refractivity contribution in [1.82, 2.24) is 0 Å². The largest absolute Gasteiger partial charge is 0.462 e. The van der Waals surface area contributed by atoms with Crippen LogP contribution in [0.3, 0.4) is 0 Å². The second kappa shape index (κ2) is 75.5. The van der Waals surface area contributed by atoms with Gasteiger partial charge in [-0.1, -0.05) is 360 Å². The smallest absolute Gasteiger partial charge is 0.306 e. The quantitative estimate of drug-likeness (QED) is 0.0373. The molecule has 0 aliphatic carbocycles. The molecule has 0 amide bonds. The maximum atomic E-state index is 12.4. The molecule has 0 fully saturated rings. The second-order valence-corrected chi connectivity index (χ2v) is 24.6. The number of aliphatic hydroxyl groups excluding tert-OH is 1. The van der Waals surface area contributed by atoms with Gasteiger partial charge in [0.25, 0.3) is 0 Å². The van der Waals surface area contributed by atoms with Crippen molar-refractivity contribution in [2.24, 2.45) is 0 Å². The van der Waals surface area contributed by atoms with Gasteiger partial charge >= 0.3 is 11.9 Å². The molecule has 0 saturated heterocycles. The van der Waals surface area contributed by atoms with E-state index in [2.05, 4.69) is 135 Å². The second-order valence-electron chi connectivity index (χ2n) is 24.6. The van der Waals surface area contributed by atoms with E-state index >= 15 is 0 Å². The lowest BCUT2D eigenvalue weighted by Gasteiger charge is -2.15. The number of rotatable bonds is 68. The fraction of sp³-hybridized carbons (Fsp3) is 0.728. The van der Waals surface area contributed by atoms with E-state index in [0.29, 0.717) is 12.8 Å². The standard InChI is InChI=1S/C81H140O5/c1-3-5-7-9-11-13-15-17-19-21-23-25-27-29-31-33-35-36-37-38-39-40-41-42-43-44-46-48-50-52-54-56-58-60-62-64-66-68-70-72-74-76-81(84)86-79(77-82)78-85-80(83)75-73-71-69-67-65-63-61-59-57-55-53-51-49-47-45-34-32-30-28-26-24-22-20-18-16-14-12-10-8-6-4-2/h5,7,11,13,17,19,22-25,29,31,35-36,38-39,41-42,44,46,79,82H,3-4,6,8-10,12,14-16,18,20-21,26-28,30,32-34,37,40,43,45,47-78H2,1-2H3/b7-5-,13-11-,19-17-,24-22-,25-23-,31-29-,36-35-,39-38-,42-41-,46-44-. The average molecular weight is 1190 g/mol. The molecule has 0 aliphatic heterocycles. The first-order valence-electron chi connectivity index (χ1n) is 37.1. The lowest BCUT2D eigenvalue weighted by atomic mass is 10.0. The zero-order valence-electron chi connectivity index (χ0n) is 56.8. The number of ether oxygens (including phenoxy) is 2. The maximum Gasteiger partial charge on any atom is 0.306 e. The van der Waals surface area contributed by atoms with Crippen LogP contribution in [0.15, 0.2) is 122 Å². The molecule has 0 aromatic carbocycles. The van der Waals surface area contributed by atoms with Crippen LogP contribution >= 0.6 is 0 Å². The zero-order chi connectivity index (χ0) is 61.9. The molecule has 0 aliphatic rings. The summed E-state index contributed by atoms with van der Waals surface area (Å²) in [6.45, 7) is 4.06. The fourth-order valence-corrected chi connectivity index (χ4v) is 10.7. The van der Waals surface area contributed by atoms with Gasteiger partial charge in [0.15, 0.2) is 6.10 Å². The lowest BCUT2D eigenvalue weighted by Crippen LogP contribution is -2.28. The van der Waals surface area contributed by atoms with Gasteiger partial charge in [0.1, 0.15) is 6.61 Å². The van der Waals surface area contributed by atoms with Crippen molar-refractivity contribution < 1.29 is 24.2 Å². The molecular formula is C81H140O5. The van der Waals surface area contributed by atoms with E-state index < -0.39 is 6.10 Å². The monoisotopic (exact) mass is 1190 g/mol. The number of hydrogen-bond acceptors (Lipinski definition) is 5. The molecule has 0 rings (SSSR count). The summed E-state index contributed by atoms with van der Waals surface area (Å²) in [5, 5.41) is 9.72. The Balaban J connectivity index is 3.48. The van der Waals surface area contributed by atoms with Gasteiger partial charge in [0.05, 0.1) is 6.61 Å². The summed E-state index contributed by atoms with van der Waals surface area (Å²) in [5.41, 5.74) is 0. The van der Waals surface area contributed by atoms with Crippen molar-refractivity contribution in [2.75, 3.05) is 13.2 Å². The third-order valence-corrected chi connectivity index (χ3v) is 16.2. The van der Waals surface area contributed by atoms with E-state index in [1.54, 1.807) is 0 Å². The highest BCUT2D eigenvalue weighted by Gasteiger charge is 2.16. The number of allylic oxidation sites excluding steroid dienone is 20. The molecule has 1 unspecified atom stereocenters. The summed E-state index contributed by atoms with van der Waals surface area (Å²) in [4.78, 5) is 24.7. The summed E-state index contributed by atoms with van der Waals surface area (Å²) in [6, 6.07) is 0.